The summed E-state index contributed by atoms with van der Waals surface area (Å²) in [5.74, 6) is 0.00479. The maximum absolute atomic E-state index is 12.1. The molecule has 9 nitrogen and oxygen atoms in total. The molecule has 1 aromatic rings. The summed E-state index contributed by atoms with van der Waals surface area (Å²) in [5, 5.41) is 29.2. The minimum atomic E-state index is -1.89. The number of aromatic nitrogens is 2. The van der Waals surface area contributed by atoms with Crippen LogP contribution in [0.1, 0.15) is 6.42 Å². The molecule has 0 radical (unpaired) electrons. The molecule has 0 unspecified atom stereocenters. The molecule has 9 heteroatoms. The van der Waals surface area contributed by atoms with E-state index in [9.17, 15) is 20.3 Å². The lowest BCUT2D eigenvalue weighted by molar-refractivity contribution is -0.255. The van der Waals surface area contributed by atoms with Crippen LogP contribution in [0.5, 0.6) is 0 Å². The molecule has 3 heterocycles. The first-order chi connectivity index (χ1) is 10.0. The Morgan fingerprint density at radius 2 is 2.38 bits per heavy atom. The molecule has 1 aromatic heterocycles. The third-order valence-corrected chi connectivity index (χ3v) is 4.05. The minimum absolute atomic E-state index is 0.00479. The van der Waals surface area contributed by atoms with Crippen molar-refractivity contribution in [1.29, 1.82) is 5.26 Å². The van der Waals surface area contributed by atoms with Crippen molar-refractivity contribution in [2.45, 2.75) is 30.0 Å². The second-order valence-electron chi connectivity index (χ2n) is 5.03. The first kappa shape index (κ1) is 14.0. The summed E-state index contributed by atoms with van der Waals surface area (Å²) in [6.07, 6.45) is -0.687. The van der Waals surface area contributed by atoms with E-state index >= 15 is 0 Å². The van der Waals surface area contributed by atoms with Gasteiger partial charge >= 0.3 is 5.69 Å². The number of aliphatic hydroxyl groups is 2. The lowest BCUT2D eigenvalue weighted by Crippen LogP contribution is -2.66. The van der Waals surface area contributed by atoms with E-state index in [0.717, 1.165) is 4.57 Å². The number of rotatable bonds is 2. The van der Waals surface area contributed by atoms with Crippen molar-refractivity contribution in [3.63, 3.8) is 0 Å². The number of aliphatic hydroxyl groups excluding tert-OH is 2. The molecule has 2 saturated heterocycles. The fraction of sp³-hybridized carbons (Fsp3) is 0.583. The molecule has 2 aliphatic rings. The predicted octanol–water partition coefficient (Wildman–Crippen LogP) is -2.09. The second-order valence-corrected chi connectivity index (χ2v) is 5.03. The Hall–Kier alpha value is -1.99. The van der Waals surface area contributed by atoms with Crippen molar-refractivity contribution in [3.8, 4) is 6.07 Å². The van der Waals surface area contributed by atoms with Crippen LogP contribution in [-0.4, -0.2) is 50.8 Å². The van der Waals surface area contributed by atoms with Crippen molar-refractivity contribution in [1.82, 2.24) is 9.55 Å². The number of nitrogens with two attached hydrogens (primary N) is 1. The Morgan fingerprint density at radius 1 is 1.67 bits per heavy atom. The van der Waals surface area contributed by atoms with Crippen LogP contribution in [-0.2, 0) is 15.2 Å². The fourth-order valence-electron chi connectivity index (χ4n) is 2.94. The summed E-state index contributed by atoms with van der Waals surface area (Å²) in [6.45, 7) is -0.188. The Kier molecular flexibility index (Phi) is 3.00. The SMILES string of the molecule is N#C[C@@]1(n2ccc(N)nc2=O)O[C@H](CO)[C@@H](O)[C@]12CCO2. The molecule has 2 aliphatic heterocycles. The lowest BCUT2D eigenvalue weighted by atomic mass is 9.79. The Balaban J connectivity index is 2.20. The van der Waals surface area contributed by atoms with E-state index in [1.165, 1.54) is 12.3 Å². The van der Waals surface area contributed by atoms with Crippen LogP contribution in [0, 0.1) is 11.3 Å². The van der Waals surface area contributed by atoms with Crippen LogP contribution < -0.4 is 11.4 Å². The van der Waals surface area contributed by atoms with Gasteiger partial charge in [0.2, 0.25) is 0 Å². The van der Waals surface area contributed by atoms with Gasteiger partial charge in [-0.2, -0.15) is 10.2 Å². The Labute approximate surface area is 119 Å². The molecule has 3 rings (SSSR count). The Bertz CT molecular complexity index is 664. The standard InChI is InChI=1S/C12H14N4O5/c13-6-12(16-3-1-8(14)15-10(16)19)11(2-4-20-11)9(18)7(5-17)21-12/h1,3,7,9,17-18H,2,4-5H2,(H2,14,15,19)/t7-,9-,11-,12-/m1/s1. The van der Waals surface area contributed by atoms with Crippen LogP contribution in [0.4, 0.5) is 5.82 Å². The van der Waals surface area contributed by atoms with Crippen LogP contribution >= 0.6 is 0 Å². The van der Waals surface area contributed by atoms with Gasteiger partial charge in [0.05, 0.1) is 13.2 Å². The molecular formula is C12H14N4O5. The third-order valence-electron chi connectivity index (χ3n) is 4.05. The van der Waals surface area contributed by atoms with Crippen molar-refractivity contribution >= 4 is 5.82 Å². The molecule has 21 heavy (non-hydrogen) atoms. The quantitative estimate of drug-likeness (QED) is 0.563. The van der Waals surface area contributed by atoms with E-state index in [4.69, 9.17) is 15.2 Å². The zero-order chi connectivity index (χ0) is 15.3. The minimum Gasteiger partial charge on any atom is -0.394 e. The van der Waals surface area contributed by atoms with Gasteiger partial charge in [0.1, 0.15) is 24.1 Å². The fourth-order valence-corrected chi connectivity index (χ4v) is 2.94. The van der Waals surface area contributed by atoms with Gasteiger partial charge in [0.25, 0.3) is 5.72 Å². The van der Waals surface area contributed by atoms with Crippen molar-refractivity contribution in [2.75, 3.05) is 18.9 Å². The molecule has 0 amide bonds. The normalized spacial score (nSPS) is 38.1. The van der Waals surface area contributed by atoms with Gasteiger partial charge < -0.3 is 25.4 Å². The van der Waals surface area contributed by atoms with Gasteiger partial charge in [0.15, 0.2) is 5.60 Å². The summed E-state index contributed by atoms with van der Waals surface area (Å²) in [7, 11) is 0. The second kappa shape index (κ2) is 4.51. The summed E-state index contributed by atoms with van der Waals surface area (Å²) >= 11 is 0. The first-order valence-electron chi connectivity index (χ1n) is 6.38. The van der Waals surface area contributed by atoms with E-state index in [2.05, 4.69) is 4.98 Å². The highest BCUT2D eigenvalue weighted by molar-refractivity contribution is 5.28. The molecule has 112 valence electrons. The monoisotopic (exact) mass is 294 g/mol. The van der Waals surface area contributed by atoms with E-state index in [0.29, 0.717) is 13.0 Å². The highest BCUT2D eigenvalue weighted by atomic mass is 16.6. The smallest absolute Gasteiger partial charge is 0.352 e. The molecule has 0 aromatic carbocycles. The largest absolute Gasteiger partial charge is 0.394 e. The van der Waals surface area contributed by atoms with E-state index in [-0.39, 0.29) is 5.82 Å². The molecule has 0 aliphatic carbocycles. The topological polar surface area (TPSA) is 144 Å². The average Bonchev–Trinajstić information content (AvgIpc) is 2.68. The molecule has 4 N–H and O–H groups in total. The van der Waals surface area contributed by atoms with E-state index < -0.39 is 35.8 Å². The van der Waals surface area contributed by atoms with Gasteiger partial charge in [0, 0.05) is 12.6 Å². The zero-order valence-electron chi connectivity index (χ0n) is 11.0. The first-order valence-corrected chi connectivity index (χ1v) is 6.38. The van der Waals surface area contributed by atoms with Crippen LogP contribution in [0.2, 0.25) is 0 Å². The molecule has 2 fully saturated rings. The van der Waals surface area contributed by atoms with Gasteiger partial charge in [-0.1, -0.05) is 0 Å². The Morgan fingerprint density at radius 3 is 2.86 bits per heavy atom. The molecule has 0 saturated carbocycles. The number of ether oxygens (including phenoxy) is 2. The van der Waals surface area contributed by atoms with Crippen LogP contribution in [0.3, 0.4) is 0 Å². The highest BCUT2D eigenvalue weighted by Gasteiger charge is 2.72. The van der Waals surface area contributed by atoms with E-state index in [1.807, 2.05) is 6.07 Å². The number of nitrogen functional groups attached to an aromatic ring is 1. The van der Waals surface area contributed by atoms with Gasteiger partial charge in [-0.3, -0.25) is 4.57 Å². The summed E-state index contributed by atoms with van der Waals surface area (Å²) in [5.41, 5.74) is 1.34. The summed E-state index contributed by atoms with van der Waals surface area (Å²) in [4.78, 5) is 15.6. The number of hydrogen-bond donors (Lipinski definition) is 3. The summed E-state index contributed by atoms with van der Waals surface area (Å²) < 4.78 is 11.9. The third kappa shape index (κ3) is 1.58. The van der Waals surface area contributed by atoms with Gasteiger partial charge in [-0.15, -0.1) is 0 Å². The van der Waals surface area contributed by atoms with Crippen molar-refractivity contribution in [2.24, 2.45) is 0 Å². The van der Waals surface area contributed by atoms with E-state index in [1.54, 1.807) is 0 Å². The number of nitriles is 1. The number of hydrogen-bond acceptors (Lipinski definition) is 8. The van der Waals surface area contributed by atoms with Gasteiger partial charge in [-0.25, -0.2) is 4.79 Å². The van der Waals surface area contributed by atoms with Crippen LogP contribution in [0.15, 0.2) is 17.1 Å². The number of anilines is 1. The predicted molar refractivity (Wildman–Crippen MR) is 67.8 cm³/mol. The average molecular weight is 294 g/mol. The molecule has 0 bridgehead atoms. The highest BCUT2D eigenvalue weighted by Crippen LogP contribution is 2.51. The lowest BCUT2D eigenvalue weighted by Gasteiger charge is -2.47. The zero-order valence-corrected chi connectivity index (χ0v) is 11.0. The molecule has 1 spiro atoms. The van der Waals surface area contributed by atoms with Crippen molar-refractivity contribution < 1.29 is 19.7 Å². The van der Waals surface area contributed by atoms with Crippen molar-refractivity contribution in [3.05, 3.63) is 22.7 Å². The van der Waals surface area contributed by atoms with Gasteiger partial charge in [-0.05, 0) is 6.07 Å². The summed E-state index contributed by atoms with van der Waals surface area (Å²) in [6, 6.07) is 3.25. The maximum atomic E-state index is 12.1. The molecule has 4 atom stereocenters. The van der Waals surface area contributed by atoms with Crippen LogP contribution in [0.25, 0.3) is 0 Å². The number of nitrogens with zero attached hydrogens (tertiary/aromatic N) is 3. The molecular weight excluding hydrogens is 280 g/mol. The maximum Gasteiger partial charge on any atom is 0.352 e.